The minimum absolute atomic E-state index is 0.241. The summed E-state index contributed by atoms with van der Waals surface area (Å²) in [6.07, 6.45) is -0.640. The van der Waals surface area contributed by atoms with E-state index in [1.54, 1.807) is 4.90 Å². The zero-order valence-electron chi connectivity index (χ0n) is 13.9. The van der Waals surface area contributed by atoms with E-state index in [2.05, 4.69) is 15.2 Å². The molecule has 7 heteroatoms. The minimum Gasteiger partial charge on any atom is -0.445 e. The molecule has 1 amide bonds. The van der Waals surface area contributed by atoms with Crippen LogP contribution in [0.15, 0.2) is 30.3 Å². The van der Waals surface area contributed by atoms with E-state index in [4.69, 9.17) is 9.47 Å². The lowest BCUT2D eigenvalue weighted by molar-refractivity contribution is -0.0333. The van der Waals surface area contributed by atoms with Crippen molar-refractivity contribution in [1.82, 2.24) is 20.1 Å². The van der Waals surface area contributed by atoms with E-state index in [1.165, 1.54) is 0 Å². The van der Waals surface area contributed by atoms with Gasteiger partial charge in [0.15, 0.2) is 11.6 Å². The molecule has 0 bridgehead atoms. The highest BCUT2D eigenvalue weighted by Gasteiger charge is 2.28. The molecule has 7 nitrogen and oxygen atoms in total. The van der Waals surface area contributed by atoms with E-state index >= 15 is 0 Å². The Morgan fingerprint density at radius 1 is 1.42 bits per heavy atom. The van der Waals surface area contributed by atoms with E-state index in [1.807, 2.05) is 44.2 Å². The molecule has 3 rings (SSSR count). The van der Waals surface area contributed by atoms with Gasteiger partial charge in [-0.2, -0.15) is 5.10 Å². The smallest absolute Gasteiger partial charge is 0.410 e. The number of morpholine rings is 1. The average molecular weight is 330 g/mol. The van der Waals surface area contributed by atoms with Crippen LogP contribution in [0.1, 0.15) is 43.1 Å². The van der Waals surface area contributed by atoms with Crippen LogP contribution in [0.4, 0.5) is 4.79 Å². The predicted molar refractivity (Wildman–Crippen MR) is 87.4 cm³/mol. The number of nitrogens with one attached hydrogen (secondary N) is 1. The normalized spacial score (nSPS) is 18.0. The third-order valence-electron chi connectivity index (χ3n) is 3.87. The Bertz CT molecular complexity index is 671. The molecule has 0 saturated carbocycles. The van der Waals surface area contributed by atoms with Crippen LogP contribution in [0.2, 0.25) is 0 Å². The van der Waals surface area contributed by atoms with Crippen molar-refractivity contribution in [3.63, 3.8) is 0 Å². The second-order valence-electron chi connectivity index (χ2n) is 6.08. The number of carbonyl (C=O) groups is 1. The second kappa shape index (κ2) is 7.44. The van der Waals surface area contributed by atoms with Crippen molar-refractivity contribution >= 4 is 6.09 Å². The Morgan fingerprint density at radius 3 is 2.92 bits per heavy atom. The van der Waals surface area contributed by atoms with Gasteiger partial charge in [-0.1, -0.05) is 44.2 Å². The summed E-state index contributed by atoms with van der Waals surface area (Å²) in [5.41, 5.74) is 0.965. The highest BCUT2D eigenvalue weighted by Crippen LogP contribution is 2.21. The van der Waals surface area contributed by atoms with Crippen LogP contribution >= 0.6 is 0 Å². The minimum atomic E-state index is -0.337. The van der Waals surface area contributed by atoms with Crippen LogP contribution < -0.4 is 0 Å². The van der Waals surface area contributed by atoms with Crippen LogP contribution in [-0.2, 0) is 16.1 Å². The fourth-order valence-corrected chi connectivity index (χ4v) is 2.48. The summed E-state index contributed by atoms with van der Waals surface area (Å²) in [4.78, 5) is 18.4. The molecular weight excluding hydrogens is 308 g/mol. The van der Waals surface area contributed by atoms with Crippen molar-refractivity contribution in [2.24, 2.45) is 0 Å². The number of hydrogen-bond acceptors (Lipinski definition) is 5. The molecule has 1 aliphatic heterocycles. The van der Waals surface area contributed by atoms with Gasteiger partial charge in [-0.05, 0) is 5.56 Å². The van der Waals surface area contributed by atoms with Crippen molar-refractivity contribution < 1.29 is 14.3 Å². The Kier molecular flexibility index (Phi) is 5.10. The van der Waals surface area contributed by atoms with Gasteiger partial charge in [-0.25, -0.2) is 9.78 Å². The van der Waals surface area contributed by atoms with Crippen LogP contribution in [0.3, 0.4) is 0 Å². The second-order valence-corrected chi connectivity index (χ2v) is 6.08. The predicted octanol–water partition coefficient (Wildman–Crippen LogP) is 2.64. The molecule has 0 aliphatic carbocycles. The third-order valence-corrected chi connectivity index (χ3v) is 3.87. The third kappa shape index (κ3) is 3.91. The lowest BCUT2D eigenvalue weighted by Crippen LogP contribution is -2.42. The van der Waals surface area contributed by atoms with Crippen molar-refractivity contribution in [1.29, 1.82) is 0 Å². The standard InChI is InChI=1S/C17H22N4O3/c1-12(2)15-18-16(20-19-15)14-10-21(8-9-23-14)17(22)24-11-13-6-4-3-5-7-13/h3-7,12,14H,8-11H2,1-2H3,(H,18,19,20)/t14-/m1/s1. The van der Waals surface area contributed by atoms with Gasteiger partial charge in [0.1, 0.15) is 12.7 Å². The van der Waals surface area contributed by atoms with Gasteiger partial charge >= 0.3 is 6.09 Å². The number of aromatic amines is 1. The summed E-state index contributed by atoms with van der Waals surface area (Å²) >= 11 is 0. The Balaban J connectivity index is 1.57. The Labute approximate surface area is 141 Å². The summed E-state index contributed by atoms with van der Waals surface area (Å²) in [6.45, 7) is 5.68. The molecule has 1 aromatic carbocycles. The number of carbonyl (C=O) groups excluding carboxylic acids is 1. The molecule has 2 heterocycles. The van der Waals surface area contributed by atoms with Crippen LogP contribution in [0.5, 0.6) is 0 Å². The monoisotopic (exact) mass is 330 g/mol. The molecule has 128 valence electrons. The maximum atomic E-state index is 12.3. The highest BCUT2D eigenvalue weighted by atomic mass is 16.6. The number of H-pyrrole nitrogens is 1. The number of benzene rings is 1. The van der Waals surface area contributed by atoms with E-state index in [0.717, 1.165) is 11.4 Å². The van der Waals surface area contributed by atoms with Crippen molar-refractivity contribution in [3.05, 3.63) is 47.5 Å². The van der Waals surface area contributed by atoms with Gasteiger partial charge in [0.2, 0.25) is 0 Å². The number of nitrogens with zero attached hydrogens (tertiary/aromatic N) is 3. The number of amides is 1. The summed E-state index contributed by atoms with van der Waals surface area (Å²) in [5.74, 6) is 1.64. The molecular formula is C17H22N4O3. The molecule has 1 aromatic heterocycles. The summed E-state index contributed by atoms with van der Waals surface area (Å²) < 4.78 is 11.1. The number of hydrogen-bond donors (Lipinski definition) is 1. The fourth-order valence-electron chi connectivity index (χ4n) is 2.48. The molecule has 2 aromatic rings. The number of ether oxygens (including phenoxy) is 2. The quantitative estimate of drug-likeness (QED) is 0.932. The average Bonchev–Trinajstić information content (AvgIpc) is 3.11. The maximum Gasteiger partial charge on any atom is 0.410 e. The van der Waals surface area contributed by atoms with E-state index in [9.17, 15) is 4.79 Å². The maximum absolute atomic E-state index is 12.3. The van der Waals surface area contributed by atoms with Crippen molar-refractivity contribution in [2.75, 3.05) is 19.7 Å². The van der Waals surface area contributed by atoms with Gasteiger partial charge in [-0.15, -0.1) is 0 Å². The van der Waals surface area contributed by atoms with Crippen LogP contribution in [0.25, 0.3) is 0 Å². The summed E-state index contributed by atoms with van der Waals surface area (Å²) in [6, 6.07) is 9.63. The highest BCUT2D eigenvalue weighted by molar-refractivity contribution is 5.67. The molecule has 0 radical (unpaired) electrons. The molecule has 0 spiro atoms. The van der Waals surface area contributed by atoms with Gasteiger partial charge in [0.25, 0.3) is 0 Å². The zero-order valence-corrected chi connectivity index (χ0v) is 13.9. The first kappa shape index (κ1) is 16.4. The molecule has 1 saturated heterocycles. The molecule has 0 unspecified atom stereocenters. The lowest BCUT2D eigenvalue weighted by atomic mass is 10.2. The molecule has 1 aliphatic rings. The summed E-state index contributed by atoms with van der Waals surface area (Å²) in [7, 11) is 0. The van der Waals surface area contributed by atoms with Gasteiger partial charge in [0.05, 0.1) is 13.2 Å². The van der Waals surface area contributed by atoms with Crippen LogP contribution in [-0.4, -0.2) is 45.9 Å². The van der Waals surface area contributed by atoms with Gasteiger partial charge in [-0.3, -0.25) is 5.10 Å². The SMILES string of the molecule is CC(C)c1n[nH]c([C@H]2CN(C(=O)OCc3ccccc3)CCO2)n1. The van der Waals surface area contributed by atoms with E-state index in [0.29, 0.717) is 25.5 Å². The number of rotatable bonds is 4. The first-order chi connectivity index (χ1) is 11.6. The van der Waals surface area contributed by atoms with Crippen molar-refractivity contribution in [3.8, 4) is 0 Å². The van der Waals surface area contributed by atoms with E-state index < -0.39 is 0 Å². The number of aromatic nitrogens is 3. The molecule has 24 heavy (non-hydrogen) atoms. The largest absolute Gasteiger partial charge is 0.445 e. The van der Waals surface area contributed by atoms with E-state index in [-0.39, 0.29) is 24.7 Å². The first-order valence-electron chi connectivity index (χ1n) is 8.13. The van der Waals surface area contributed by atoms with Gasteiger partial charge < -0.3 is 14.4 Å². The molecule has 1 atom stereocenters. The van der Waals surface area contributed by atoms with Crippen LogP contribution in [0, 0.1) is 0 Å². The zero-order chi connectivity index (χ0) is 16.9. The molecule has 1 N–H and O–H groups in total. The Morgan fingerprint density at radius 2 is 2.21 bits per heavy atom. The first-order valence-corrected chi connectivity index (χ1v) is 8.13. The lowest BCUT2D eigenvalue weighted by Gasteiger charge is -2.31. The topological polar surface area (TPSA) is 80.3 Å². The molecule has 1 fully saturated rings. The summed E-state index contributed by atoms with van der Waals surface area (Å²) in [5, 5.41) is 7.10. The van der Waals surface area contributed by atoms with Crippen molar-refractivity contribution in [2.45, 2.75) is 32.5 Å². The fraction of sp³-hybridized carbons (Fsp3) is 0.471. The Hall–Kier alpha value is -2.41. The van der Waals surface area contributed by atoms with Gasteiger partial charge in [0, 0.05) is 12.5 Å².